The van der Waals surface area contributed by atoms with Gasteiger partial charge in [0.05, 0.1) is 0 Å². The van der Waals surface area contributed by atoms with Crippen molar-refractivity contribution >= 4 is 0 Å². The first kappa shape index (κ1) is 19.5. The van der Waals surface area contributed by atoms with Gasteiger partial charge in [-0.1, -0.05) is 45.0 Å². The average Bonchev–Trinajstić information content (AvgIpc) is 2.55. The zero-order chi connectivity index (χ0) is 17.6. The third-order valence-electron chi connectivity index (χ3n) is 5.68. The number of piperidine rings is 1. The normalized spacial score (nSPS) is 20.2. The molecular formula is C22H38N2. The van der Waals surface area contributed by atoms with Gasteiger partial charge >= 0.3 is 0 Å². The summed E-state index contributed by atoms with van der Waals surface area (Å²) in [5.41, 5.74) is 4.29. The predicted octanol–water partition coefficient (Wildman–Crippen LogP) is 4.63. The van der Waals surface area contributed by atoms with Crippen LogP contribution < -0.4 is 5.32 Å². The van der Waals surface area contributed by atoms with Crippen LogP contribution in [0.5, 0.6) is 0 Å². The fraction of sp³-hybridized carbons (Fsp3) is 0.727. The molecule has 2 aliphatic rings. The summed E-state index contributed by atoms with van der Waals surface area (Å²) < 4.78 is 0. The molecule has 1 aromatic rings. The Morgan fingerprint density at radius 2 is 1.67 bits per heavy atom. The number of aryl methyl sites for hydroxylation is 1. The second kappa shape index (κ2) is 8.49. The summed E-state index contributed by atoms with van der Waals surface area (Å²) >= 11 is 0. The zero-order valence-electron chi connectivity index (χ0n) is 16.6. The highest BCUT2D eigenvalue weighted by Crippen LogP contribution is 2.44. The summed E-state index contributed by atoms with van der Waals surface area (Å²) in [5.74, 6) is 0. The van der Waals surface area contributed by atoms with Crippen molar-refractivity contribution in [3.05, 3.63) is 35.4 Å². The SMILES string of the molecule is CC(C)(C)CCN1CCC2(CCCc3ccccc32)CC1.CNC. The van der Waals surface area contributed by atoms with Crippen molar-refractivity contribution in [2.75, 3.05) is 33.7 Å². The molecule has 1 aromatic carbocycles. The summed E-state index contributed by atoms with van der Waals surface area (Å²) in [4.78, 5) is 2.70. The smallest absolute Gasteiger partial charge is 0.00102 e. The second-order valence-electron chi connectivity index (χ2n) is 8.94. The van der Waals surface area contributed by atoms with E-state index in [2.05, 4.69) is 55.3 Å². The van der Waals surface area contributed by atoms with Crippen molar-refractivity contribution in [2.45, 2.75) is 64.7 Å². The third kappa shape index (κ3) is 5.07. The van der Waals surface area contributed by atoms with Gasteiger partial charge in [-0.15, -0.1) is 0 Å². The molecule has 0 saturated carbocycles. The van der Waals surface area contributed by atoms with Gasteiger partial charge in [-0.25, -0.2) is 0 Å². The quantitative estimate of drug-likeness (QED) is 0.850. The molecule has 0 radical (unpaired) electrons. The molecule has 1 heterocycles. The molecular weight excluding hydrogens is 292 g/mol. The summed E-state index contributed by atoms with van der Waals surface area (Å²) in [6, 6.07) is 9.25. The van der Waals surface area contributed by atoms with Gasteiger partial charge in [0.2, 0.25) is 0 Å². The molecule has 0 bridgehead atoms. The first-order valence-electron chi connectivity index (χ1n) is 9.79. The number of rotatable bonds is 2. The van der Waals surface area contributed by atoms with Crippen LogP contribution in [0.25, 0.3) is 0 Å². The Labute approximate surface area is 150 Å². The van der Waals surface area contributed by atoms with E-state index < -0.39 is 0 Å². The standard InChI is InChI=1S/C20H31N.C2H7N/c1-19(2,3)11-14-21-15-12-20(13-16-21)10-6-8-17-7-4-5-9-18(17)20;1-3-2/h4-5,7,9H,6,8,10-16H2,1-3H3;3H,1-2H3. The van der Waals surface area contributed by atoms with Crippen molar-refractivity contribution in [1.82, 2.24) is 10.2 Å². The van der Waals surface area contributed by atoms with Crippen LogP contribution in [0, 0.1) is 5.41 Å². The molecule has 0 amide bonds. The van der Waals surface area contributed by atoms with Crippen LogP contribution in [-0.4, -0.2) is 38.6 Å². The highest BCUT2D eigenvalue weighted by atomic mass is 15.1. The van der Waals surface area contributed by atoms with Gasteiger partial charge in [0.1, 0.15) is 0 Å². The van der Waals surface area contributed by atoms with E-state index in [4.69, 9.17) is 0 Å². The van der Waals surface area contributed by atoms with E-state index in [1.165, 1.54) is 58.2 Å². The lowest BCUT2D eigenvalue weighted by molar-refractivity contribution is 0.132. The van der Waals surface area contributed by atoms with Gasteiger partial charge in [0.25, 0.3) is 0 Å². The van der Waals surface area contributed by atoms with Crippen LogP contribution >= 0.6 is 0 Å². The highest BCUT2D eigenvalue weighted by Gasteiger charge is 2.38. The van der Waals surface area contributed by atoms with Crippen LogP contribution in [0.3, 0.4) is 0 Å². The van der Waals surface area contributed by atoms with Crippen molar-refractivity contribution in [3.63, 3.8) is 0 Å². The number of benzene rings is 1. The van der Waals surface area contributed by atoms with E-state index in [1.807, 2.05) is 14.1 Å². The monoisotopic (exact) mass is 330 g/mol. The first-order valence-corrected chi connectivity index (χ1v) is 9.79. The number of nitrogens with zero attached hydrogens (tertiary/aromatic N) is 1. The molecule has 1 aliphatic heterocycles. The van der Waals surface area contributed by atoms with E-state index in [9.17, 15) is 0 Å². The van der Waals surface area contributed by atoms with E-state index in [-0.39, 0.29) is 0 Å². The summed E-state index contributed by atoms with van der Waals surface area (Å²) in [7, 11) is 3.75. The lowest BCUT2D eigenvalue weighted by Crippen LogP contribution is -2.45. The van der Waals surface area contributed by atoms with Crippen LogP contribution in [0.15, 0.2) is 24.3 Å². The minimum Gasteiger partial charge on any atom is -0.323 e. The highest BCUT2D eigenvalue weighted by molar-refractivity contribution is 5.37. The second-order valence-corrected chi connectivity index (χ2v) is 8.94. The third-order valence-corrected chi connectivity index (χ3v) is 5.68. The Balaban J connectivity index is 0.000000647. The van der Waals surface area contributed by atoms with Crippen molar-refractivity contribution in [2.24, 2.45) is 5.41 Å². The van der Waals surface area contributed by atoms with Crippen molar-refractivity contribution in [3.8, 4) is 0 Å². The lowest BCUT2D eigenvalue weighted by atomic mass is 9.65. The van der Waals surface area contributed by atoms with Crippen LogP contribution in [-0.2, 0) is 11.8 Å². The topological polar surface area (TPSA) is 15.3 Å². The lowest BCUT2D eigenvalue weighted by Gasteiger charge is -2.46. The number of nitrogens with one attached hydrogen (secondary N) is 1. The number of hydrogen-bond donors (Lipinski definition) is 1. The number of hydrogen-bond acceptors (Lipinski definition) is 2. The maximum Gasteiger partial charge on any atom is -0.00102 e. The molecule has 1 spiro atoms. The fourth-order valence-corrected chi connectivity index (χ4v) is 4.23. The van der Waals surface area contributed by atoms with E-state index in [0.29, 0.717) is 10.8 Å². The largest absolute Gasteiger partial charge is 0.323 e. The first-order chi connectivity index (χ1) is 11.4. The maximum atomic E-state index is 2.75. The van der Waals surface area contributed by atoms with Gasteiger partial charge < -0.3 is 10.2 Å². The molecule has 1 fully saturated rings. The molecule has 24 heavy (non-hydrogen) atoms. The number of likely N-dealkylation sites (tertiary alicyclic amines) is 1. The molecule has 0 aromatic heterocycles. The van der Waals surface area contributed by atoms with Crippen molar-refractivity contribution in [1.29, 1.82) is 0 Å². The van der Waals surface area contributed by atoms with Crippen LogP contribution in [0.4, 0.5) is 0 Å². The molecule has 2 heteroatoms. The van der Waals surface area contributed by atoms with Crippen LogP contribution in [0.1, 0.15) is 64.0 Å². The molecule has 2 nitrogen and oxygen atoms in total. The maximum absolute atomic E-state index is 2.75. The Morgan fingerprint density at radius 3 is 2.29 bits per heavy atom. The molecule has 1 N–H and O–H groups in total. The Morgan fingerprint density at radius 1 is 1.04 bits per heavy atom. The van der Waals surface area contributed by atoms with E-state index >= 15 is 0 Å². The molecule has 1 saturated heterocycles. The molecule has 0 unspecified atom stereocenters. The van der Waals surface area contributed by atoms with Gasteiger partial charge in [0, 0.05) is 0 Å². The molecule has 0 atom stereocenters. The Bertz CT molecular complexity index is 493. The summed E-state index contributed by atoms with van der Waals surface area (Å²) in [6.45, 7) is 10.9. The van der Waals surface area contributed by atoms with Gasteiger partial charge in [0.15, 0.2) is 0 Å². The minimum atomic E-state index is 0.465. The summed E-state index contributed by atoms with van der Waals surface area (Å²) in [6.07, 6.45) is 8.15. The molecule has 1 aliphatic carbocycles. The fourth-order valence-electron chi connectivity index (χ4n) is 4.23. The summed E-state index contributed by atoms with van der Waals surface area (Å²) in [5, 5.41) is 2.75. The zero-order valence-corrected chi connectivity index (χ0v) is 16.6. The number of fused-ring (bicyclic) bond motifs is 2. The van der Waals surface area contributed by atoms with E-state index in [1.54, 1.807) is 11.1 Å². The van der Waals surface area contributed by atoms with Crippen LogP contribution in [0.2, 0.25) is 0 Å². The molecule has 3 rings (SSSR count). The Hall–Kier alpha value is -0.860. The van der Waals surface area contributed by atoms with Crippen molar-refractivity contribution < 1.29 is 0 Å². The molecule has 136 valence electrons. The van der Waals surface area contributed by atoms with Gasteiger partial charge in [-0.3, -0.25) is 0 Å². The predicted molar refractivity (Wildman–Crippen MR) is 106 cm³/mol. The minimum absolute atomic E-state index is 0.465. The average molecular weight is 331 g/mol. The van der Waals surface area contributed by atoms with E-state index in [0.717, 1.165) is 0 Å². The van der Waals surface area contributed by atoms with Gasteiger partial charge in [-0.05, 0) is 94.2 Å². The van der Waals surface area contributed by atoms with Gasteiger partial charge in [-0.2, -0.15) is 0 Å². The Kier molecular flexibility index (Phi) is 6.88.